The molecule has 98 valence electrons. The van der Waals surface area contributed by atoms with Gasteiger partial charge in [0, 0.05) is 17.6 Å². The van der Waals surface area contributed by atoms with E-state index >= 15 is 0 Å². The molecule has 1 aromatic rings. The summed E-state index contributed by atoms with van der Waals surface area (Å²) in [5, 5.41) is 0. The average molecular weight is 315 g/mol. The van der Waals surface area contributed by atoms with Crippen LogP contribution < -0.4 is 0 Å². The third kappa shape index (κ3) is 3.28. The van der Waals surface area contributed by atoms with Crippen LogP contribution in [0.1, 0.15) is 42.6 Å². The average Bonchev–Trinajstić information content (AvgIpc) is 2.31. The van der Waals surface area contributed by atoms with Crippen LogP contribution in [0.4, 0.5) is 4.39 Å². The Hall–Kier alpha value is -0.970. The highest BCUT2D eigenvalue weighted by atomic mass is 79.9. The van der Waals surface area contributed by atoms with Crippen molar-refractivity contribution >= 4 is 21.8 Å². The van der Waals surface area contributed by atoms with Gasteiger partial charge >= 0.3 is 0 Å². The highest BCUT2D eigenvalue weighted by Gasteiger charge is 2.20. The Labute approximate surface area is 115 Å². The Kier molecular flexibility index (Phi) is 4.69. The van der Waals surface area contributed by atoms with Gasteiger partial charge in [0.15, 0.2) is 0 Å². The van der Waals surface area contributed by atoms with Crippen molar-refractivity contribution in [1.82, 2.24) is 9.88 Å². The van der Waals surface area contributed by atoms with Crippen LogP contribution in [-0.4, -0.2) is 28.9 Å². The molecule has 1 aromatic heterocycles. The molecule has 1 amide bonds. The van der Waals surface area contributed by atoms with E-state index in [0.29, 0.717) is 4.47 Å². The van der Waals surface area contributed by atoms with E-state index in [1.165, 1.54) is 18.6 Å². The summed E-state index contributed by atoms with van der Waals surface area (Å²) >= 11 is 3.26. The first kappa shape index (κ1) is 13.5. The number of pyridine rings is 1. The van der Waals surface area contributed by atoms with Gasteiger partial charge in [0.25, 0.3) is 5.91 Å². The van der Waals surface area contributed by atoms with E-state index in [-0.39, 0.29) is 11.6 Å². The minimum atomic E-state index is -0.617. The maximum Gasteiger partial charge on any atom is 0.273 e. The molecule has 5 heteroatoms. The second kappa shape index (κ2) is 6.27. The van der Waals surface area contributed by atoms with Crippen LogP contribution in [0.2, 0.25) is 0 Å². The van der Waals surface area contributed by atoms with Gasteiger partial charge in [-0.2, -0.15) is 4.39 Å². The van der Waals surface area contributed by atoms with Gasteiger partial charge < -0.3 is 4.90 Å². The van der Waals surface area contributed by atoms with E-state index in [2.05, 4.69) is 20.9 Å². The number of carbonyl (C=O) groups is 1. The fraction of sp³-hybridized carbons (Fsp3) is 0.538. The normalized spacial score (nSPS) is 17.1. The summed E-state index contributed by atoms with van der Waals surface area (Å²) in [6, 6.07) is 2.77. The Morgan fingerprint density at radius 2 is 1.78 bits per heavy atom. The molecule has 2 heterocycles. The lowest BCUT2D eigenvalue weighted by atomic mass is 10.1. The summed E-state index contributed by atoms with van der Waals surface area (Å²) in [7, 11) is 0. The first-order valence-electron chi connectivity index (χ1n) is 6.30. The second-order valence-electron chi connectivity index (χ2n) is 4.52. The zero-order valence-corrected chi connectivity index (χ0v) is 11.7. The summed E-state index contributed by atoms with van der Waals surface area (Å²) in [5.74, 6) is -0.795. The zero-order valence-electron chi connectivity index (χ0n) is 10.2. The van der Waals surface area contributed by atoms with E-state index in [1.807, 2.05) is 0 Å². The highest BCUT2D eigenvalue weighted by molar-refractivity contribution is 9.10. The largest absolute Gasteiger partial charge is 0.337 e. The number of hydrogen-bond acceptors (Lipinski definition) is 2. The molecule has 2 rings (SSSR count). The molecule has 3 nitrogen and oxygen atoms in total. The fourth-order valence-electron chi connectivity index (χ4n) is 2.17. The van der Waals surface area contributed by atoms with Gasteiger partial charge in [0.1, 0.15) is 5.69 Å². The summed E-state index contributed by atoms with van der Waals surface area (Å²) in [6.07, 6.45) is 5.57. The molecular weight excluding hydrogens is 299 g/mol. The van der Waals surface area contributed by atoms with Gasteiger partial charge in [0.05, 0.1) is 0 Å². The summed E-state index contributed by atoms with van der Waals surface area (Å²) in [5.41, 5.74) is 0.176. The third-order valence-electron chi connectivity index (χ3n) is 3.16. The van der Waals surface area contributed by atoms with E-state index in [9.17, 15) is 9.18 Å². The number of rotatable bonds is 1. The lowest BCUT2D eigenvalue weighted by Gasteiger charge is -2.24. The maximum absolute atomic E-state index is 13.1. The Morgan fingerprint density at radius 1 is 1.17 bits per heavy atom. The van der Waals surface area contributed by atoms with Crippen LogP contribution in [-0.2, 0) is 0 Å². The predicted molar refractivity (Wildman–Crippen MR) is 70.9 cm³/mol. The highest BCUT2D eigenvalue weighted by Crippen LogP contribution is 2.19. The minimum absolute atomic E-state index is 0.176. The molecule has 1 fully saturated rings. The number of amides is 1. The SMILES string of the molecule is O=C(c1nc(F)ccc1Br)N1CCCCCCC1. The first-order valence-corrected chi connectivity index (χ1v) is 7.09. The minimum Gasteiger partial charge on any atom is -0.337 e. The zero-order chi connectivity index (χ0) is 13.0. The van der Waals surface area contributed by atoms with Crippen LogP contribution in [0.15, 0.2) is 16.6 Å². The summed E-state index contributed by atoms with van der Waals surface area (Å²) < 4.78 is 13.7. The number of carbonyl (C=O) groups excluding carboxylic acids is 1. The van der Waals surface area contributed by atoms with Crippen molar-refractivity contribution in [2.24, 2.45) is 0 Å². The molecule has 0 bridgehead atoms. The third-order valence-corrected chi connectivity index (χ3v) is 3.80. The van der Waals surface area contributed by atoms with Crippen molar-refractivity contribution in [1.29, 1.82) is 0 Å². The standard InChI is InChI=1S/C13H16BrFN2O/c14-10-6-7-11(15)16-12(10)13(18)17-8-4-2-1-3-5-9-17/h6-7H,1-5,8-9H2. The number of aromatic nitrogens is 1. The van der Waals surface area contributed by atoms with Crippen molar-refractivity contribution < 1.29 is 9.18 Å². The van der Waals surface area contributed by atoms with Gasteiger partial charge in [-0.15, -0.1) is 0 Å². The molecule has 18 heavy (non-hydrogen) atoms. The monoisotopic (exact) mass is 314 g/mol. The molecule has 0 saturated carbocycles. The molecule has 1 saturated heterocycles. The topological polar surface area (TPSA) is 33.2 Å². The van der Waals surface area contributed by atoms with Gasteiger partial charge in [-0.25, -0.2) is 4.98 Å². The molecule has 1 aliphatic heterocycles. The molecule has 0 spiro atoms. The van der Waals surface area contributed by atoms with E-state index in [4.69, 9.17) is 0 Å². The van der Waals surface area contributed by atoms with E-state index < -0.39 is 5.95 Å². The van der Waals surface area contributed by atoms with Crippen molar-refractivity contribution in [3.8, 4) is 0 Å². The quantitative estimate of drug-likeness (QED) is 0.744. The summed E-state index contributed by atoms with van der Waals surface area (Å²) in [4.78, 5) is 17.8. The molecule has 0 aliphatic carbocycles. The Balaban J connectivity index is 2.15. The van der Waals surface area contributed by atoms with Gasteiger partial charge in [0.2, 0.25) is 5.95 Å². The molecule has 0 unspecified atom stereocenters. The van der Waals surface area contributed by atoms with Crippen molar-refractivity contribution in [3.63, 3.8) is 0 Å². The van der Waals surface area contributed by atoms with Gasteiger partial charge in [-0.3, -0.25) is 4.79 Å². The maximum atomic E-state index is 13.1. The Bertz CT molecular complexity index is 431. The number of hydrogen-bond donors (Lipinski definition) is 0. The van der Waals surface area contributed by atoms with Crippen molar-refractivity contribution in [2.75, 3.05) is 13.1 Å². The fourth-order valence-corrected chi connectivity index (χ4v) is 2.56. The number of nitrogens with zero attached hydrogens (tertiary/aromatic N) is 2. The molecular formula is C13H16BrFN2O. The van der Waals surface area contributed by atoms with Gasteiger partial charge in [-0.1, -0.05) is 19.3 Å². The summed E-state index contributed by atoms with van der Waals surface area (Å²) in [6.45, 7) is 1.48. The van der Waals surface area contributed by atoms with E-state index in [1.54, 1.807) is 4.90 Å². The molecule has 0 atom stereocenters. The van der Waals surface area contributed by atoms with E-state index in [0.717, 1.165) is 38.8 Å². The van der Waals surface area contributed by atoms with Crippen LogP contribution in [0.25, 0.3) is 0 Å². The van der Waals surface area contributed by atoms with Gasteiger partial charge in [-0.05, 0) is 40.9 Å². The second-order valence-corrected chi connectivity index (χ2v) is 5.38. The smallest absolute Gasteiger partial charge is 0.273 e. The lowest BCUT2D eigenvalue weighted by Crippen LogP contribution is -2.34. The van der Waals surface area contributed by atoms with Crippen LogP contribution in [0.3, 0.4) is 0 Å². The molecule has 0 radical (unpaired) electrons. The number of halogens is 2. The van der Waals surface area contributed by atoms with Crippen molar-refractivity contribution in [2.45, 2.75) is 32.1 Å². The lowest BCUT2D eigenvalue weighted by molar-refractivity contribution is 0.0734. The molecule has 0 aromatic carbocycles. The first-order chi connectivity index (χ1) is 8.68. The van der Waals surface area contributed by atoms with Crippen LogP contribution >= 0.6 is 15.9 Å². The molecule has 0 N–H and O–H groups in total. The Morgan fingerprint density at radius 3 is 2.44 bits per heavy atom. The van der Waals surface area contributed by atoms with Crippen LogP contribution in [0, 0.1) is 5.95 Å². The van der Waals surface area contributed by atoms with Crippen LogP contribution in [0.5, 0.6) is 0 Å². The predicted octanol–water partition coefficient (Wildman–Crippen LogP) is 3.39. The van der Waals surface area contributed by atoms with Crippen molar-refractivity contribution in [3.05, 3.63) is 28.2 Å². The number of likely N-dealkylation sites (tertiary alicyclic amines) is 1. The molecule has 1 aliphatic rings.